The van der Waals surface area contributed by atoms with Gasteiger partial charge in [-0.1, -0.05) is 61.0 Å². The molecule has 0 radical (unpaired) electrons. The van der Waals surface area contributed by atoms with Crippen LogP contribution in [0.15, 0.2) is 66.7 Å². The molecule has 4 aliphatic rings. The number of para-hydroxylation sites is 1. The number of amides is 6. The number of urea groups is 2. The van der Waals surface area contributed by atoms with E-state index in [4.69, 9.17) is 0 Å². The lowest BCUT2D eigenvalue weighted by atomic mass is 9.98. The molecule has 3 saturated heterocycles. The predicted molar refractivity (Wildman–Crippen MR) is 190 cm³/mol. The number of piperidine rings is 3. The summed E-state index contributed by atoms with van der Waals surface area (Å²) in [5.74, 6) is -0.379. The summed E-state index contributed by atoms with van der Waals surface area (Å²) in [5, 5.41) is 10.7. The van der Waals surface area contributed by atoms with Gasteiger partial charge in [0, 0.05) is 55.9 Å². The molecule has 7 rings (SSSR count). The SMILES string of the molecule is O=C(Nc1cccc2ccccc12)N[C@@H](CC(=O)N1CCC(N2Cc3ccccc3NC2=O)CC1)C(=O)N1CCC(N2CCCCC2)CC1. The van der Waals surface area contributed by atoms with Crippen LogP contribution in [0.25, 0.3) is 10.8 Å². The summed E-state index contributed by atoms with van der Waals surface area (Å²) in [6, 6.07) is 20.2. The van der Waals surface area contributed by atoms with Gasteiger partial charge < -0.3 is 35.6 Å². The van der Waals surface area contributed by atoms with Crippen molar-refractivity contribution in [2.75, 3.05) is 49.9 Å². The normalized spacial score (nSPS) is 20.0. The Bertz CT molecular complexity index is 1670. The maximum atomic E-state index is 14.0. The molecule has 0 spiro atoms. The van der Waals surface area contributed by atoms with E-state index in [-0.39, 0.29) is 30.3 Å². The van der Waals surface area contributed by atoms with E-state index in [1.807, 2.05) is 76.5 Å². The molecule has 3 fully saturated rings. The molecule has 0 aromatic heterocycles. The van der Waals surface area contributed by atoms with Gasteiger partial charge in [0.05, 0.1) is 12.1 Å². The molecule has 11 nitrogen and oxygen atoms in total. The lowest BCUT2D eigenvalue weighted by Crippen LogP contribution is -2.56. The Balaban J connectivity index is 0.998. The largest absolute Gasteiger partial charge is 0.342 e. The number of fused-ring (bicyclic) bond motifs is 2. The molecular weight excluding hydrogens is 618 g/mol. The molecule has 4 aliphatic heterocycles. The topological polar surface area (TPSA) is 117 Å². The van der Waals surface area contributed by atoms with E-state index in [0.717, 1.165) is 48.0 Å². The van der Waals surface area contributed by atoms with Crippen LogP contribution in [-0.4, -0.2) is 101 Å². The molecule has 6 amide bonds. The highest BCUT2D eigenvalue weighted by Crippen LogP contribution is 2.28. The second kappa shape index (κ2) is 14.9. The van der Waals surface area contributed by atoms with E-state index in [2.05, 4.69) is 20.9 Å². The van der Waals surface area contributed by atoms with Crippen molar-refractivity contribution in [2.24, 2.45) is 0 Å². The van der Waals surface area contributed by atoms with Crippen molar-refractivity contribution < 1.29 is 19.2 Å². The number of carbonyl (C=O) groups excluding carboxylic acids is 4. The molecule has 11 heteroatoms. The minimum atomic E-state index is -0.990. The Morgan fingerprint density at radius 2 is 1.43 bits per heavy atom. The Morgan fingerprint density at radius 3 is 2.22 bits per heavy atom. The van der Waals surface area contributed by atoms with Gasteiger partial charge in [0.1, 0.15) is 6.04 Å². The molecular formula is C38H47N7O4. The Kier molecular flexibility index (Phi) is 9.97. The third-order valence-corrected chi connectivity index (χ3v) is 10.8. The van der Waals surface area contributed by atoms with E-state index >= 15 is 0 Å². The monoisotopic (exact) mass is 665 g/mol. The number of nitrogens with zero attached hydrogens (tertiary/aromatic N) is 4. The minimum absolute atomic E-state index is 0.0145. The number of hydrogen-bond acceptors (Lipinski definition) is 5. The zero-order valence-electron chi connectivity index (χ0n) is 28.1. The number of nitrogens with one attached hydrogen (secondary N) is 3. The number of hydrogen-bond donors (Lipinski definition) is 3. The third-order valence-electron chi connectivity index (χ3n) is 10.8. The van der Waals surface area contributed by atoms with Crippen LogP contribution in [0.5, 0.6) is 0 Å². The molecule has 0 bridgehead atoms. The van der Waals surface area contributed by atoms with Crippen molar-refractivity contribution in [1.29, 1.82) is 0 Å². The molecule has 0 unspecified atom stereocenters. The zero-order chi connectivity index (χ0) is 33.7. The molecule has 49 heavy (non-hydrogen) atoms. The predicted octanol–water partition coefficient (Wildman–Crippen LogP) is 5.24. The number of likely N-dealkylation sites (tertiary alicyclic amines) is 3. The van der Waals surface area contributed by atoms with Gasteiger partial charge in [-0.15, -0.1) is 0 Å². The van der Waals surface area contributed by atoms with Crippen LogP contribution >= 0.6 is 0 Å². The lowest BCUT2D eigenvalue weighted by molar-refractivity contribution is -0.140. The molecule has 4 heterocycles. The Hall–Kier alpha value is -4.64. The highest BCUT2D eigenvalue weighted by Gasteiger charge is 2.36. The van der Waals surface area contributed by atoms with Crippen molar-refractivity contribution in [3.8, 4) is 0 Å². The first kappa shape index (κ1) is 32.9. The number of benzene rings is 3. The quantitative estimate of drug-likeness (QED) is 0.320. The van der Waals surface area contributed by atoms with Gasteiger partial charge in [0.2, 0.25) is 11.8 Å². The first-order valence-corrected chi connectivity index (χ1v) is 17.9. The van der Waals surface area contributed by atoms with Crippen LogP contribution in [-0.2, 0) is 16.1 Å². The lowest BCUT2D eigenvalue weighted by Gasteiger charge is -2.41. The van der Waals surface area contributed by atoms with Crippen LogP contribution < -0.4 is 16.0 Å². The van der Waals surface area contributed by atoms with Crippen molar-refractivity contribution in [2.45, 2.75) is 76.0 Å². The zero-order valence-corrected chi connectivity index (χ0v) is 28.1. The maximum Gasteiger partial charge on any atom is 0.322 e. The third kappa shape index (κ3) is 7.51. The van der Waals surface area contributed by atoms with E-state index in [9.17, 15) is 19.2 Å². The van der Waals surface area contributed by atoms with Crippen molar-refractivity contribution in [3.63, 3.8) is 0 Å². The minimum Gasteiger partial charge on any atom is -0.342 e. The number of carbonyl (C=O) groups is 4. The van der Waals surface area contributed by atoms with E-state index in [1.54, 1.807) is 4.90 Å². The molecule has 1 atom stereocenters. The van der Waals surface area contributed by atoms with E-state index < -0.39 is 12.1 Å². The molecule has 0 aliphatic carbocycles. The van der Waals surface area contributed by atoms with E-state index in [0.29, 0.717) is 57.3 Å². The maximum absolute atomic E-state index is 14.0. The van der Waals surface area contributed by atoms with Crippen LogP contribution in [0.2, 0.25) is 0 Å². The summed E-state index contributed by atoms with van der Waals surface area (Å²) in [4.78, 5) is 62.2. The fourth-order valence-electron chi connectivity index (χ4n) is 8.05. The van der Waals surface area contributed by atoms with Crippen LogP contribution in [0, 0.1) is 0 Å². The van der Waals surface area contributed by atoms with Crippen molar-refractivity contribution in [1.82, 2.24) is 24.9 Å². The van der Waals surface area contributed by atoms with Gasteiger partial charge in [0.15, 0.2) is 0 Å². The molecule has 0 saturated carbocycles. The van der Waals surface area contributed by atoms with Gasteiger partial charge in [-0.05, 0) is 74.7 Å². The molecule has 3 aromatic rings. The summed E-state index contributed by atoms with van der Waals surface area (Å²) in [7, 11) is 0. The Morgan fingerprint density at radius 1 is 0.755 bits per heavy atom. The highest BCUT2D eigenvalue weighted by atomic mass is 16.2. The van der Waals surface area contributed by atoms with Gasteiger partial charge in [0.25, 0.3) is 0 Å². The number of anilines is 2. The van der Waals surface area contributed by atoms with Crippen molar-refractivity contribution >= 4 is 46.0 Å². The Labute approximate surface area is 288 Å². The summed E-state index contributed by atoms with van der Waals surface area (Å²) in [6.45, 7) is 4.99. The van der Waals surface area contributed by atoms with E-state index in [1.165, 1.54) is 19.3 Å². The highest BCUT2D eigenvalue weighted by molar-refractivity contribution is 6.03. The average molecular weight is 666 g/mol. The van der Waals surface area contributed by atoms with Gasteiger partial charge in [-0.3, -0.25) is 9.59 Å². The number of rotatable bonds is 7. The summed E-state index contributed by atoms with van der Waals surface area (Å²) in [6.07, 6.45) is 6.74. The van der Waals surface area contributed by atoms with Crippen molar-refractivity contribution in [3.05, 3.63) is 72.3 Å². The summed E-state index contributed by atoms with van der Waals surface area (Å²) in [5.41, 5.74) is 2.57. The summed E-state index contributed by atoms with van der Waals surface area (Å²) < 4.78 is 0. The standard InChI is InChI=1S/C38H47N7O4/c46-35(43-21-17-30(18-22-43)45-26-28-10-3-5-13-32(28)41-38(45)49)25-34(36(47)44-23-15-29(16-24-44)42-19-6-1-7-20-42)40-37(48)39-33-14-8-11-27-9-2-4-12-31(27)33/h2-5,8-14,29-30,34H,1,6-7,15-26H2,(H,41,49)(H2,39,40,48)/t34-/m0/s1. The van der Waals surface area contributed by atoms with Gasteiger partial charge in [-0.25, -0.2) is 9.59 Å². The van der Waals surface area contributed by atoms with Gasteiger partial charge in [-0.2, -0.15) is 0 Å². The van der Waals surface area contributed by atoms with Crippen LogP contribution in [0.1, 0.15) is 56.9 Å². The van der Waals surface area contributed by atoms with Crippen LogP contribution in [0.3, 0.4) is 0 Å². The second-order valence-electron chi connectivity index (χ2n) is 13.9. The second-order valence-corrected chi connectivity index (χ2v) is 13.9. The molecule has 3 N–H and O–H groups in total. The van der Waals surface area contributed by atoms with Gasteiger partial charge >= 0.3 is 12.1 Å². The fraction of sp³-hybridized carbons (Fsp3) is 0.474. The first-order chi connectivity index (χ1) is 23.9. The molecule has 3 aromatic carbocycles. The summed E-state index contributed by atoms with van der Waals surface area (Å²) >= 11 is 0. The average Bonchev–Trinajstić information content (AvgIpc) is 3.14. The van der Waals surface area contributed by atoms with Crippen LogP contribution in [0.4, 0.5) is 21.0 Å². The smallest absolute Gasteiger partial charge is 0.322 e. The fourth-order valence-corrected chi connectivity index (χ4v) is 8.05. The molecule has 258 valence electrons. The first-order valence-electron chi connectivity index (χ1n) is 17.9.